The Kier molecular flexibility index (Phi) is 2.13. The van der Waals surface area contributed by atoms with Crippen LogP contribution >= 0.6 is 0 Å². The van der Waals surface area contributed by atoms with Crippen molar-refractivity contribution in [1.29, 1.82) is 0 Å². The van der Waals surface area contributed by atoms with Gasteiger partial charge in [-0.25, -0.2) is 4.79 Å². The average molecular weight is 193 g/mol. The minimum Gasteiger partial charge on any atom is -0.508 e. The van der Waals surface area contributed by atoms with Gasteiger partial charge < -0.3 is 15.5 Å². The molecule has 2 rings (SSSR count). The summed E-state index contributed by atoms with van der Waals surface area (Å²) < 4.78 is 0. The van der Waals surface area contributed by atoms with Crippen LogP contribution in [0.15, 0.2) is 18.2 Å². The van der Waals surface area contributed by atoms with Crippen LogP contribution in [-0.2, 0) is 0 Å². The van der Waals surface area contributed by atoms with Crippen LogP contribution in [0.5, 0.6) is 5.75 Å². The topological polar surface area (TPSA) is 69.6 Å². The highest BCUT2D eigenvalue weighted by molar-refractivity contribution is 5.88. The predicted molar refractivity (Wildman–Crippen MR) is 50.4 cm³/mol. The van der Waals surface area contributed by atoms with E-state index in [1.54, 1.807) is 6.07 Å². The number of phenolic OH excluding ortho intramolecular Hbond substituents is 1. The molecule has 4 nitrogen and oxygen atoms in total. The van der Waals surface area contributed by atoms with E-state index in [4.69, 9.17) is 5.11 Å². The SMILES string of the molecule is O=C(O)c1ccc([C@@H]2CCN2)c(O)c1. The van der Waals surface area contributed by atoms with E-state index in [-0.39, 0.29) is 17.4 Å². The van der Waals surface area contributed by atoms with Crippen molar-refractivity contribution >= 4 is 5.97 Å². The van der Waals surface area contributed by atoms with Gasteiger partial charge in [0.1, 0.15) is 5.75 Å². The quantitative estimate of drug-likeness (QED) is 0.658. The lowest BCUT2D eigenvalue weighted by Crippen LogP contribution is -2.34. The van der Waals surface area contributed by atoms with Crippen LogP contribution in [0, 0.1) is 0 Å². The van der Waals surface area contributed by atoms with Crippen LogP contribution in [0.4, 0.5) is 0 Å². The second kappa shape index (κ2) is 3.31. The van der Waals surface area contributed by atoms with E-state index in [1.165, 1.54) is 12.1 Å². The number of hydrogen-bond donors (Lipinski definition) is 3. The van der Waals surface area contributed by atoms with Crippen molar-refractivity contribution in [1.82, 2.24) is 5.32 Å². The van der Waals surface area contributed by atoms with Crippen molar-refractivity contribution in [2.45, 2.75) is 12.5 Å². The molecule has 1 heterocycles. The fourth-order valence-electron chi connectivity index (χ4n) is 1.53. The van der Waals surface area contributed by atoms with Gasteiger partial charge >= 0.3 is 5.97 Å². The van der Waals surface area contributed by atoms with Gasteiger partial charge in [0, 0.05) is 11.6 Å². The Hall–Kier alpha value is -1.55. The highest BCUT2D eigenvalue weighted by atomic mass is 16.4. The smallest absolute Gasteiger partial charge is 0.335 e. The molecule has 0 spiro atoms. The molecule has 1 aromatic rings. The summed E-state index contributed by atoms with van der Waals surface area (Å²) in [6.07, 6.45) is 0.986. The van der Waals surface area contributed by atoms with Crippen molar-refractivity contribution < 1.29 is 15.0 Å². The van der Waals surface area contributed by atoms with Gasteiger partial charge in [-0.15, -0.1) is 0 Å². The summed E-state index contributed by atoms with van der Waals surface area (Å²) in [5, 5.41) is 21.4. The van der Waals surface area contributed by atoms with Gasteiger partial charge in [0.15, 0.2) is 0 Å². The molecule has 0 amide bonds. The number of phenols is 1. The lowest BCUT2D eigenvalue weighted by atomic mass is 9.96. The predicted octanol–water partition coefficient (Wildman–Crippen LogP) is 1.12. The number of hydrogen-bond acceptors (Lipinski definition) is 3. The third-order valence-electron chi connectivity index (χ3n) is 2.48. The second-order valence-electron chi connectivity index (χ2n) is 3.37. The summed E-state index contributed by atoms with van der Waals surface area (Å²) in [6, 6.07) is 4.64. The van der Waals surface area contributed by atoms with Crippen LogP contribution in [0.3, 0.4) is 0 Å². The summed E-state index contributed by atoms with van der Waals surface area (Å²) in [6.45, 7) is 0.949. The first-order valence-corrected chi connectivity index (χ1v) is 4.48. The van der Waals surface area contributed by atoms with E-state index >= 15 is 0 Å². The first kappa shape index (κ1) is 9.02. The molecule has 0 aliphatic carbocycles. The van der Waals surface area contributed by atoms with Gasteiger partial charge in [-0.2, -0.15) is 0 Å². The number of carboxylic acid groups (broad SMARTS) is 1. The lowest BCUT2D eigenvalue weighted by Gasteiger charge is -2.28. The average Bonchev–Trinajstić information content (AvgIpc) is 2.04. The highest BCUT2D eigenvalue weighted by Crippen LogP contribution is 2.30. The van der Waals surface area contributed by atoms with Gasteiger partial charge in [0.2, 0.25) is 0 Å². The Morgan fingerprint density at radius 1 is 1.50 bits per heavy atom. The summed E-state index contributed by atoms with van der Waals surface area (Å²) in [5.41, 5.74) is 0.895. The molecule has 0 unspecified atom stereocenters. The zero-order valence-corrected chi connectivity index (χ0v) is 7.53. The van der Waals surface area contributed by atoms with Gasteiger partial charge in [0.05, 0.1) is 5.56 Å². The number of aromatic carboxylic acids is 1. The molecule has 4 heteroatoms. The zero-order chi connectivity index (χ0) is 10.1. The van der Waals surface area contributed by atoms with E-state index in [1.807, 2.05) is 0 Å². The van der Waals surface area contributed by atoms with Crippen LogP contribution in [0.1, 0.15) is 28.4 Å². The molecule has 14 heavy (non-hydrogen) atoms. The van der Waals surface area contributed by atoms with Gasteiger partial charge in [0.25, 0.3) is 0 Å². The number of nitrogens with one attached hydrogen (secondary N) is 1. The molecule has 74 valence electrons. The van der Waals surface area contributed by atoms with Gasteiger partial charge in [-0.1, -0.05) is 6.07 Å². The molecule has 1 aliphatic rings. The van der Waals surface area contributed by atoms with Crippen LogP contribution in [-0.4, -0.2) is 22.7 Å². The Morgan fingerprint density at radius 3 is 2.64 bits per heavy atom. The third kappa shape index (κ3) is 1.44. The van der Waals surface area contributed by atoms with Crippen molar-refractivity contribution in [2.75, 3.05) is 6.54 Å². The number of carbonyl (C=O) groups is 1. The Bertz CT molecular complexity index is 372. The van der Waals surface area contributed by atoms with Crippen molar-refractivity contribution in [3.8, 4) is 5.75 Å². The summed E-state index contributed by atoms with van der Waals surface area (Å²) in [7, 11) is 0. The van der Waals surface area contributed by atoms with Gasteiger partial charge in [-0.05, 0) is 25.1 Å². The maximum atomic E-state index is 10.6. The van der Waals surface area contributed by atoms with Crippen LogP contribution in [0.2, 0.25) is 0 Å². The summed E-state index contributed by atoms with van der Waals surface area (Å²) in [5.74, 6) is -0.962. The molecule has 1 atom stereocenters. The molecule has 1 aliphatic heterocycles. The fourth-order valence-corrected chi connectivity index (χ4v) is 1.53. The molecule has 0 bridgehead atoms. The van der Waals surface area contributed by atoms with Gasteiger partial charge in [-0.3, -0.25) is 0 Å². The third-order valence-corrected chi connectivity index (χ3v) is 2.48. The molecule has 3 N–H and O–H groups in total. The maximum Gasteiger partial charge on any atom is 0.335 e. The summed E-state index contributed by atoms with van der Waals surface area (Å²) in [4.78, 5) is 10.6. The van der Waals surface area contributed by atoms with E-state index in [2.05, 4.69) is 5.32 Å². The molecule has 1 fully saturated rings. The monoisotopic (exact) mass is 193 g/mol. The normalized spacial score (nSPS) is 20.1. The molecule has 0 saturated carbocycles. The number of rotatable bonds is 2. The van der Waals surface area contributed by atoms with Crippen molar-refractivity contribution in [3.05, 3.63) is 29.3 Å². The maximum absolute atomic E-state index is 10.6. The number of benzene rings is 1. The molecule has 1 aromatic carbocycles. The molecular weight excluding hydrogens is 182 g/mol. The number of carboxylic acids is 1. The van der Waals surface area contributed by atoms with E-state index in [0.717, 1.165) is 18.5 Å². The second-order valence-corrected chi connectivity index (χ2v) is 3.37. The number of aromatic hydroxyl groups is 1. The molecular formula is C10H11NO3. The fraction of sp³-hybridized carbons (Fsp3) is 0.300. The van der Waals surface area contributed by atoms with Crippen molar-refractivity contribution in [2.24, 2.45) is 0 Å². The molecule has 0 radical (unpaired) electrons. The van der Waals surface area contributed by atoms with Crippen molar-refractivity contribution in [3.63, 3.8) is 0 Å². The minimum atomic E-state index is -1.02. The highest BCUT2D eigenvalue weighted by Gasteiger charge is 2.21. The first-order chi connectivity index (χ1) is 6.68. The standard InChI is InChI=1S/C10H11NO3/c12-9-5-6(10(13)14)1-2-7(9)8-3-4-11-8/h1-2,5,8,11-12H,3-4H2,(H,13,14)/t8-/m0/s1. The van der Waals surface area contributed by atoms with E-state index in [0.29, 0.717) is 0 Å². The zero-order valence-electron chi connectivity index (χ0n) is 7.53. The van der Waals surface area contributed by atoms with Crippen LogP contribution < -0.4 is 5.32 Å². The Labute approximate surface area is 81.2 Å². The Balaban J connectivity index is 2.30. The molecule has 1 saturated heterocycles. The lowest BCUT2D eigenvalue weighted by molar-refractivity contribution is 0.0696. The van der Waals surface area contributed by atoms with Crippen LogP contribution in [0.25, 0.3) is 0 Å². The molecule has 0 aromatic heterocycles. The summed E-state index contributed by atoms with van der Waals surface area (Å²) >= 11 is 0. The Morgan fingerprint density at radius 2 is 2.21 bits per heavy atom. The van der Waals surface area contributed by atoms with E-state index < -0.39 is 5.97 Å². The largest absolute Gasteiger partial charge is 0.508 e. The first-order valence-electron chi connectivity index (χ1n) is 4.48. The minimum absolute atomic E-state index is 0.0575. The van der Waals surface area contributed by atoms with E-state index in [9.17, 15) is 9.90 Å².